The normalized spacial score (nSPS) is 13.6. The third kappa shape index (κ3) is 4.38. The van der Waals surface area contributed by atoms with Crippen LogP contribution >= 0.6 is 0 Å². The SMILES string of the molecule is CCCc1cc(C2CC2)cn2cc(Cn3cc(C(=O)OCc4ccccc4)cn3)nc12. The molecule has 1 saturated carbocycles. The molecular weight excluding hydrogens is 388 g/mol. The van der Waals surface area contributed by atoms with E-state index in [1.165, 1.54) is 24.0 Å². The van der Waals surface area contributed by atoms with Gasteiger partial charge in [0.05, 0.1) is 24.0 Å². The number of carbonyl (C=O) groups is 1. The van der Waals surface area contributed by atoms with Crippen LogP contribution in [0.15, 0.2) is 61.2 Å². The van der Waals surface area contributed by atoms with Gasteiger partial charge in [-0.05, 0) is 41.9 Å². The topological polar surface area (TPSA) is 61.4 Å². The van der Waals surface area contributed by atoms with E-state index in [-0.39, 0.29) is 12.6 Å². The van der Waals surface area contributed by atoms with Crippen molar-refractivity contribution < 1.29 is 9.53 Å². The molecule has 0 bridgehead atoms. The Balaban J connectivity index is 1.30. The molecule has 1 aliphatic rings. The van der Waals surface area contributed by atoms with Crippen molar-refractivity contribution in [2.45, 2.75) is 51.7 Å². The number of carbonyl (C=O) groups excluding carboxylic acids is 1. The van der Waals surface area contributed by atoms with Crippen LogP contribution in [0.1, 0.15) is 64.8 Å². The number of nitrogens with zero attached hydrogens (tertiary/aromatic N) is 4. The minimum Gasteiger partial charge on any atom is -0.457 e. The standard InChI is InChI=1S/C25H26N4O2/c1-2-6-20-11-21(19-9-10-19)13-28-15-23(27-24(20)28)16-29-14-22(12-26-29)25(30)31-17-18-7-4-3-5-8-18/h3-5,7-8,11-15,19H,2,6,9-10,16-17H2,1H3. The van der Waals surface area contributed by atoms with E-state index < -0.39 is 0 Å². The molecule has 1 aromatic carbocycles. The first-order chi connectivity index (χ1) is 15.2. The van der Waals surface area contributed by atoms with Gasteiger partial charge in [-0.1, -0.05) is 49.7 Å². The number of fused-ring (bicyclic) bond motifs is 1. The van der Waals surface area contributed by atoms with Crippen LogP contribution in [-0.2, 0) is 24.3 Å². The van der Waals surface area contributed by atoms with E-state index in [0.717, 1.165) is 29.7 Å². The molecule has 31 heavy (non-hydrogen) atoms. The maximum atomic E-state index is 12.4. The van der Waals surface area contributed by atoms with Crippen LogP contribution in [0.5, 0.6) is 0 Å². The van der Waals surface area contributed by atoms with Crippen LogP contribution in [0.3, 0.4) is 0 Å². The molecule has 0 spiro atoms. The van der Waals surface area contributed by atoms with E-state index in [1.807, 2.05) is 30.3 Å². The summed E-state index contributed by atoms with van der Waals surface area (Å²) < 4.78 is 9.30. The minimum absolute atomic E-state index is 0.251. The summed E-state index contributed by atoms with van der Waals surface area (Å²) in [4.78, 5) is 17.2. The molecule has 6 heteroatoms. The molecule has 0 atom stereocenters. The zero-order valence-corrected chi connectivity index (χ0v) is 17.7. The Hall–Kier alpha value is -3.41. The molecular formula is C25H26N4O2. The largest absolute Gasteiger partial charge is 0.457 e. The fourth-order valence-electron chi connectivity index (χ4n) is 3.94. The molecule has 158 valence electrons. The van der Waals surface area contributed by atoms with Gasteiger partial charge in [-0.25, -0.2) is 9.78 Å². The number of aryl methyl sites for hydroxylation is 1. The minimum atomic E-state index is -0.371. The van der Waals surface area contributed by atoms with Crippen molar-refractivity contribution in [3.8, 4) is 0 Å². The van der Waals surface area contributed by atoms with Gasteiger partial charge in [0.1, 0.15) is 12.3 Å². The van der Waals surface area contributed by atoms with Gasteiger partial charge in [-0.3, -0.25) is 4.68 Å². The molecule has 6 nitrogen and oxygen atoms in total. The summed E-state index contributed by atoms with van der Waals surface area (Å²) >= 11 is 0. The first-order valence-electron chi connectivity index (χ1n) is 10.9. The van der Waals surface area contributed by atoms with Crippen LogP contribution in [0, 0.1) is 0 Å². The number of ether oxygens (including phenoxy) is 1. The predicted molar refractivity (Wildman–Crippen MR) is 118 cm³/mol. The zero-order valence-electron chi connectivity index (χ0n) is 17.7. The number of aromatic nitrogens is 4. The lowest BCUT2D eigenvalue weighted by molar-refractivity contribution is 0.0472. The number of esters is 1. The van der Waals surface area contributed by atoms with Crippen molar-refractivity contribution in [2.75, 3.05) is 0 Å². The van der Waals surface area contributed by atoms with Gasteiger partial charge in [0, 0.05) is 18.6 Å². The maximum absolute atomic E-state index is 12.4. The third-order valence-corrected chi connectivity index (χ3v) is 5.67. The third-order valence-electron chi connectivity index (χ3n) is 5.67. The van der Waals surface area contributed by atoms with Crippen molar-refractivity contribution >= 4 is 11.6 Å². The van der Waals surface area contributed by atoms with Crippen molar-refractivity contribution in [3.05, 3.63) is 89.1 Å². The van der Waals surface area contributed by atoms with E-state index in [1.54, 1.807) is 17.1 Å². The molecule has 3 aromatic heterocycles. The van der Waals surface area contributed by atoms with Crippen LogP contribution in [0.4, 0.5) is 0 Å². The van der Waals surface area contributed by atoms with Gasteiger partial charge in [-0.2, -0.15) is 5.10 Å². The second-order valence-electron chi connectivity index (χ2n) is 8.27. The van der Waals surface area contributed by atoms with Crippen LogP contribution in [0.2, 0.25) is 0 Å². The second-order valence-corrected chi connectivity index (χ2v) is 8.27. The number of imidazole rings is 1. The number of hydrogen-bond donors (Lipinski definition) is 0. The molecule has 0 amide bonds. The summed E-state index contributed by atoms with van der Waals surface area (Å²) in [6, 6.07) is 12.0. The molecule has 0 saturated heterocycles. The van der Waals surface area contributed by atoms with Crippen LogP contribution < -0.4 is 0 Å². The van der Waals surface area contributed by atoms with Gasteiger partial charge in [0.15, 0.2) is 0 Å². The summed E-state index contributed by atoms with van der Waals surface area (Å²) in [6.07, 6.45) is 12.3. The Kier molecular flexibility index (Phi) is 5.28. The van der Waals surface area contributed by atoms with Crippen LogP contribution in [-0.4, -0.2) is 25.1 Å². The molecule has 5 rings (SSSR count). The average Bonchev–Trinajstić information content (AvgIpc) is 3.40. The molecule has 0 radical (unpaired) electrons. The quantitative estimate of drug-likeness (QED) is 0.390. The van der Waals surface area contributed by atoms with Gasteiger partial charge >= 0.3 is 5.97 Å². The Bertz CT molecular complexity index is 1200. The lowest BCUT2D eigenvalue weighted by Crippen LogP contribution is -2.05. The van der Waals surface area contributed by atoms with Crippen molar-refractivity contribution in [2.24, 2.45) is 0 Å². The van der Waals surface area contributed by atoms with E-state index in [0.29, 0.717) is 18.0 Å². The van der Waals surface area contributed by atoms with Crippen molar-refractivity contribution in [3.63, 3.8) is 0 Å². The first kappa shape index (κ1) is 19.5. The van der Waals surface area contributed by atoms with E-state index in [4.69, 9.17) is 9.72 Å². The summed E-state index contributed by atoms with van der Waals surface area (Å²) in [6.45, 7) is 2.96. The molecule has 0 N–H and O–H groups in total. The van der Waals surface area contributed by atoms with E-state index in [2.05, 4.69) is 34.9 Å². The molecule has 0 aliphatic heterocycles. The van der Waals surface area contributed by atoms with Gasteiger partial charge in [0.25, 0.3) is 0 Å². The van der Waals surface area contributed by atoms with Crippen LogP contribution in [0.25, 0.3) is 5.65 Å². The fourth-order valence-corrected chi connectivity index (χ4v) is 3.94. The highest BCUT2D eigenvalue weighted by molar-refractivity contribution is 5.88. The van der Waals surface area contributed by atoms with Gasteiger partial charge in [-0.15, -0.1) is 0 Å². The Labute approximate surface area is 181 Å². The Morgan fingerprint density at radius 2 is 2.00 bits per heavy atom. The second kappa shape index (κ2) is 8.38. The Morgan fingerprint density at radius 1 is 1.16 bits per heavy atom. The highest BCUT2D eigenvalue weighted by Gasteiger charge is 2.25. The van der Waals surface area contributed by atoms with Crippen molar-refractivity contribution in [1.29, 1.82) is 0 Å². The number of pyridine rings is 1. The summed E-state index contributed by atoms with van der Waals surface area (Å²) in [5, 5.41) is 4.34. The molecule has 1 fully saturated rings. The lowest BCUT2D eigenvalue weighted by atomic mass is 10.1. The molecule has 3 heterocycles. The molecule has 4 aromatic rings. The number of benzene rings is 1. The van der Waals surface area contributed by atoms with Crippen molar-refractivity contribution in [1.82, 2.24) is 19.2 Å². The molecule has 1 aliphatic carbocycles. The lowest BCUT2D eigenvalue weighted by Gasteiger charge is -2.06. The number of hydrogen-bond acceptors (Lipinski definition) is 4. The smallest absolute Gasteiger partial charge is 0.341 e. The fraction of sp³-hybridized carbons (Fsp3) is 0.320. The Morgan fingerprint density at radius 3 is 2.77 bits per heavy atom. The highest BCUT2D eigenvalue weighted by atomic mass is 16.5. The van der Waals surface area contributed by atoms with Gasteiger partial charge < -0.3 is 9.14 Å². The highest BCUT2D eigenvalue weighted by Crippen LogP contribution is 2.40. The summed E-state index contributed by atoms with van der Waals surface area (Å²) in [7, 11) is 0. The maximum Gasteiger partial charge on any atom is 0.341 e. The first-order valence-corrected chi connectivity index (χ1v) is 10.9. The van der Waals surface area contributed by atoms with E-state index >= 15 is 0 Å². The summed E-state index contributed by atoms with van der Waals surface area (Å²) in [5.74, 6) is 0.339. The zero-order chi connectivity index (χ0) is 21.2. The summed E-state index contributed by atoms with van der Waals surface area (Å²) in [5.41, 5.74) is 6.09. The monoisotopic (exact) mass is 414 g/mol. The number of rotatable bonds is 8. The average molecular weight is 415 g/mol. The molecule has 0 unspecified atom stereocenters. The predicted octanol–water partition coefficient (Wildman–Crippen LogP) is 4.77. The van der Waals surface area contributed by atoms with E-state index in [9.17, 15) is 4.79 Å². The van der Waals surface area contributed by atoms with Gasteiger partial charge in [0.2, 0.25) is 0 Å².